The van der Waals surface area contributed by atoms with E-state index in [0.29, 0.717) is 16.3 Å². The quantitative estimate of drug-likeness (QED) is 0.515. The van der Waals surface area contributed by atoms with E-state index in [-0.39, 0.29) is 5.92 Å². The Bertz CT molecular complexity index is 1070. The second-order valence-corrected chi connectivity index (χ2v) is 8.20. The van der Waals surface area contributed by atoms with E-state index in [4.69, 9.17) is 17.0 Å². The SMILES string of the molecule is CC(C)c1cc(-c2n[nH]c(=S)n2Nc2cccc(CN3CCOCC3)c2)ccc1O. The summed E-state index contributed by atoms with van der Waals surface area (Å²) in [5, 5.41) is 17.4. The van der Waals surface area contributed by atoms with Crippen molar-refractivity contribution in [1.82, 2.24) is 19.8 Å². The number of phenols is 1. The highest BCUT2D eigenvalue weighted by atomic mass is 32.1. The molecule has 0 radical (unpaired) electrons. The van der Waals surface area contributed by atoms with Crippen LogP contribution in [0.15, 0.2) is 42.5 Å². The summed E-state index contributed by atoms with van der Waals surface area (Å²) in [5.41, 5.74) is 7.28. The fraction of sp³-hybridized carbons (Fsp3) is 0.364. The minimum Gasteiger partial charge on any atom is -0.508 e. The molecule has 0 spiro atoms. The number of hydrogen-bond donors (Lipinski definition) is 3. The first-order valence-corrected chi connectivity index (χ1v) is 10.6. The minimum atomic E-state index is 0.199. The highest BCUT2D eigenvalue weighted by molar-refractivity contribution is 7.71. The van der Waals surface area contributed by atoms with E-state index in [1.165, 1.54) is 5.56 Å². The zero-order valence-corrected chi connectivity index (χ0v) is 18.1. The van der Waals surface area contributed by atoms with Gasteiger partial charge < -0.3 is 9.84 Å². The van der Waals surface area contributed by atoms with Gasteiger partial charge in [0.15, 0.2) is 5.82 Å². The smallest absolute Gasteiger partial charge is 0.214 e. The highest BCUT2D eigenvalue weighted by Crippen LogP contribution is 2.30. The van der Waals surface area contributed by atoms with Crippen LogP contribution in [-0.2, 0) is 11.3 Å². The molecule has 8 heteroatoms. The van der Waals surface area contributed by atoms with Crippen LogP contribution in [0.3, 0.4) is 0 Å². The number of anilines is 1. The lowest BCUT2D eigenvalue weighted by Crippen LogP contribution is -2.35. The van der Waals surface area contributed by atoms with E-state index in [1.54, 1.807) is 10.7 Å². The first-order chi connectivity index (χ1) is 14.5. The molecular weight excluding hydrogens is 398 g/mol. The number of ether oxygens (including phenoxy) is 1. The van der Waals surface area contributed by atoms with Crippen molar-refractivity contribution >= 4 is 17.9 Å². The van der Waals surface area contributed by atoms with Gasteiger partial charge in [-0.05, 0) is 59.6 Å². The first-order valence-electron chi connectivity index (χ1n) is 10.2. The van der Waals surface area contributed by atoms with Crippen LogP contribution in [0.5, 0.6) is 5.75 Å². The van der Waals surface area contributed by atoms with Gasteiger partial charge in [-0.2, -0.15) is 5.10 Å². The van der Waals surface area contributed by atoms with E-state index in [1.807, 2.05) is 38.1 Å². The van der Waals surface area contributed by atoms with E-state index < -0.39 is 0 Å². The van der Waals surface area contributed by atoms with Gasteiger partial charge in [-0.3, -0.25) is 10.3 Å². The summed E-state index contributed by atoms with van der Waals surface area (Å²) in [5.74, 6) is 1.16. The fourth-order valence-corrected chi connectivity index (χ4v) is 3.81. The van der Waals surface area contributed by atoms with Crippen molar-refractivity contribution < 1.29 is 9.84 Å². The number of nitrogens with one attached hydrogen (secondary N) is 2. The van der Waals surface area contributed by atoms with Gasteiger partial charge in [0.2, 0.25) is 4.77 Å². The Labute approximate surface area is 181 Å². The molecule has 0 aliphatic carbocycles. The second-order valence-electron chi connectivity index (χ2n) is 7.82. The van der Waals surface area contributed by atoms with Gasteiger partial charge in [0, 0.05) is 25.2 Å². The Balaban J connectivity index is 1.59. The zero-order valence-electron chi connectivity index (χ0n) is 17.3. The van der Waals surface area contributed by atoms with Crippen molar-refractivity contribution in [3.05, 3.63) is 58.4 Å². The summed E-state index contributed by atoms with van der Waals surface area (Å²) in [6.45, 7) is 8.47. The van der Waals surface area contributed by atoms with Gasteiger partial charge >= 0.3 is 0 Å². The van der Waals surface area contributed by atoms with Gasteiger partial charge in [0.1, 0.15) is 5.75 Å². The molecule has 0 amide bonds. The fourth-order valence-electron chi connectivity index (χ4n) is 3.64. The number of aromatic amines is 1. The van der Waals surface area contributed by atoms with Gasteiger partial charge in [-0.25, -0.2) is 9.77 Å². The summed E-state index contributed by atoms with van der Waals surface area (Å²) in [6.07, 6.45) is 0. The monoisotopic (exact) mass is 425 g/mol. The van der Waals surface area contributed by atoms with Gasteiger partial charge in [0.05, 0.1) is 18.9 Å². The molecule has 158 valence electrons. The molecule has 3 N–H and O–H groups in total. The molecule has 0 bridgehead atoms. The average molecular weight is 426 g/mol. The maximum atomic E-state index is 10.1. The number of H-pyrrole nitrogens is 1. The van der Waals surface area contributed by atoms with Crippen molar-refractivity contribution in [1.29, 1.82) is 0 Å². The van der Waals surface area contributed by atoms with Gasteiger partial charge in [-0.1, -0.05) is 26.0 Å². The summed E-state index contributed by atoms with van der Waals surface area (Å²) in [4.78, 5) is 2.39. The third kappa shape index (κ3) is 4.56. The molecule has 3 aromatic rings. The molecule has 2 heterocycles. The number of hydrogen-bond acceptors (Lipinski definition) is 6. The number of morpholine rings is 1. The second kappa shape index (κ2) is 8.99. The van der Waals surface area contributed by atoms with Crippen LogP contribution < -0.4 is 5.43 Å². The standard InChI is InChI=1S/C22H27N5O2S/c1-15(2)19-13-17(6-7-20(19)28)21-23-24-22(30)27(21)25-18-5-3-4-16(12-18)14-26-8-10-29-11-9-26/h3-7,12-13,15,25,28H,8-11,14H2,1-2H3,(H,24,30). The lowest BCUT2D eigenvalue weighted by atomic mass is 9.99. The molecule has 1 fully saturated rings. The summed E-state index contributed by atoms with van der Waals surface area (Å²) in [7, 11) is 0. The summed E-state index contributed by atoms with van der Waals surface area (Å²) in [6, 6.07) is 13.8. The van der Waals surface area contributed by atoms with Crippen LogP contribution in [0, 0.1) is 4.77 Å². The van der Waals surface area contributed by atoms with Crippen LogP contribution in [0.4, 0.5) is 5.69 Å². The minimum absolute atomic E-state index is 0.199. The predicted molar refractivity (Wildman–Crippen MR) is 120 cm³/mol. The van der Waals surface area contributed by atoms with Crippen molar-refractivity contribution in [3.63, 3.8) is 0 Å². The molecule has 1 saturated heterocycles. The third-order valence-electron chi connectivity index (χ3n) is 5.26. The molecular formula is C22H27N5O2S. The molecule has 30 heavy (non-hydrogen) atoms. The van der Waals surface area contributed by atoms with Crippen molar-refractivity contribution in [2.24, 2.45) is 0 Å². The third-order valence-corrected chi connectivity index (χ3v) is 5.53. The zero-order chi connectivity index (χ0) is 21.1. The van der Waals surface area contributed by atoms with E-state index in [9.17, 15) is 5.11 Å². The lowest BCUT2D eigenvalue weighted by molar-refractivity contribution is 0.0342. The molecule has 0 atom stereocenters. The van der Waals surface area contributed by atoms with Crippen molar-refractivity contribution in [2.75, 3.05) is 31.7 Å². The summed E-state index contributed by atoms with van der Waals surface area (Å²) < 4.78 is 7.67. The Morgan fingerprint density at radius 3 is 2.77 bits per heavy atom. The maximum absolute atomic E-state index is 10.1. The number of nitrogens with zero attached hydrogens (tertiary/aromatic N) is 3. The van der Waals surface area contributed by atoms with Gasteiger partial charge in [0.25, 0.3) is 0 Å². The van der Waals surface area contributed by atoms with Crippen LogP contribution in [0.25, 0.3) is 11.4 Å². The Hall–Kier alpha value is -2.68. The lowest BCUT2D eigenvalue weighted by Gasteiger charge is -2.26. The van der Waals surface area contributed by atoms with E-state index >= 15 is 0 Å². The van der Waals surface area contributed by atoms with E-state index in [2.05, 4.69) is 32.7 Å². The highest BCUT2D eigenvalue weighted by Gasteiger charge is 2.14. The molecule has 4 rings (SSSR count). The predicted octanol–water partition coefficient (Wildman–Crippen LogP) is 4.14. The Morgan fingerprint density at radius 2 is 2.00 bits per heavy atom. The average Bonchev–Trinajstić information content (AvgIpc) is 3.09. The van der Waals surface area contributed by atoms with Crippen LogP contribution in [0.2, 0.25) is 0 Å². The maximum Gasteiger partial charge on any atom is 0.214 e. The largest absolute Gasteiger partial charge is 0.508 e. The first kappa shape index (κ1) is 20.6. The molecule has 0 saturated carbocycles. The summed E-state index contributed by atoms with van der Waals surface area (Å²) >= 11 is 5.46. The van der Waals surface area contributed by atoms with Crippen LogP contribution in [-0.4, -0.2) is 51.2 Å². The topological polar surface area (TPSA) is 78.3 Å². The molecule has 1 aromatic heterocycles. The Morgan fingerprint density at radius 1 is 1.20 bits per heavy atom. The normalized spacial score (nSPS) is 14.9. The molecule has 0 unspecified atom stereocenters. The Kier molecular flexibility index (Phi) is 6.17. The number of phenolic OH excluding ortho intramolecular Hbond substituents is 1. The van der Waals surface area contributed by atoms with Crippen molar-refractivity contribution in [3.8, 4) is 17.1 Å². The molecule has 1 aliphatic rings. The number of benzene rings is 2. The van der Waals surface area contributed by atoms with Crippen LogP contribution in [0.1, 0.15) is 30.9 Å². The number of aromatic nitrogens is 3. The van der Waals surface area contributed by atoms with Gasteiger partial charge in [-0.15, -0.1) is 0 Å². The number of aromatic hydroxyl groups is 1. The van der Waals surface area contributed by atoms with Crippen LogP contribution >= 0.6 is 12.2 Å². The number of rotatable bonds is 6. The molecule has 1 aliphatic heterocycles. The van der Waals surface area contributed by atoms with Crippen molar-refractivity contribution in [2.45, 2.75) is 26.3 Å². The van der Waals surface area contributed by atoms with E-state index in [0.717, 1.165) is 49.7 Å². The molecule has 2 aromatic carbocycles. The molecule has 7 nitrogen and oxygen atoms in total.